The minimum absolute atomic E-state index is 0.0596. The fraction of sp³-hybridized carbons (Fsp3) is 0.214. The van der Waals surface area contributed by atoms with E-state index in [-0.39, 0.29) is 11.5 Å². The van der Waals surface area contributed by atoms with Gasteiger partial charge < -0.3 is 14.8 Å². The summed E-state index contributed by atoms with van der Waals surface area (Å²) in [5.74, 6) is 1.10. The van der Waals surface area contributed by atoms with Crippen molar-refractivity contribution in [2.45, 2.75) is 6.92 Å². The van der Waals surface area contributed by atoms with Gasteiger partial charge >= 0.3 is 6.03 Å². The van der Waals surface area contributed by atoms with Gasteiger partial charge in [-0.1, -0.05) is 0 Å². The largest absolute Gasteiger partial charge is 0.497 e. The first kappa shape index (κ1) is 15.4. The van der Waals surface area contributed by atoms with E-state index in [9.17, 15) is 9.59 Å². The molecule has 0 spiro atoms. The lowest BCUT2D eigenvalue weighted by atomic mass is 10.2. The van der Waals surface area contributed by atoms with Gasteiger partial charge in [0.25, 0.3) is 5.56 Å². The molecule has 0 saturated heterocycles. The number of benzene rings is 1. The number of amides is 2. The van der Waals surface area contributed by atoms with E-state index in [1.807, 2.05) is 0 Å². The lowest BCUT2D eigenvalue weighted by Gasteiger charge is -2.12. The van der Waals surface area contributed by atoms with Gasteiger partial charge in [-0.25, -0.2) is 9.78 Å². The first-order chi connectivity index (χ1) is 10.5. The summed E-state index contributed by atoms with van der Waals surface area (Å²) in [5, 5.41) is 5.05. The molecule has 116 valence electrons. The van der Waals surface area contributed by atoms with Crippen molar-refractivity contribution in [3.05, 3.63) is 40.3 Å². The SMILES string of the molecule is COc1ccc(OC)c(NC(=O)Nc2nc(C)cc(=O)[nH]2)c1. The number of H-pyrrole nitrogens is 1. The van der Waals surface area contributed by atoms with Crippen LogP contribution in [0, 0.1) is 6.92 Å². The Morgan fingerprint density at radius 1 is 1.18 bits per heavy atom. The number of urea groups is 1. The zero-order valence-electron chi connectivity index (χ0n) is 12.4. The molecule has 0 unspecified atom stereocenters. The first-order valence-electron chi connectivity index (χ1n) is 6.40. The number of rotatable bonds is 4. The van der Waals surface area contributed by atoms with Crippen LogP contribution in [-0.2, 0) is 0 Å². The van der Waals surface area contributed by atoms with Crippen LogP contribution in [-0.4, -0.2) is 30.2 Å². The number of aromatic amines is 1. The van der Waals surface area contributed by atoms with Gasteiger partial charge in [0.05, 0.1) is 19.9 Å². The molecule has 22 heavy (non-hydrogen) atoms. The molecule has 1 aromatic heterocycles. The molecule has 0 atom stereocenters. The number of carbonyl (C=O) groups excluding carboxylic acids is 1. The van der Waals surface area contributed by atoms with Crippen LogP contribution in [0.4, 0.5) is 16.4 Å². The van der Waals surface area contributed by atoms with E-state index in [0.717, 1.165) is 0 Å². The van der Waals surface area contributed by atoms with Crippen molar-refractivity contribution in [2.24, 2.45) is 0 Å². The number of aryl methyl sites for hydroxylation is 1. The highest BCUT2D eigenvalue weighted by atomic mass is 16.5. The highest BCUT2D eigenvalue weighted by Crippen LogP contribution is 2.28. The molecular weight excluding hydrogens is 288 g/mol. The highest BCUT2D eigenvalue weighted by Gasteiger charge is 2.10. The smallest absolute Gasteiger partial charge is 0.326 e. The maximum atomic E-state index is 12.0. The summed E-state index contributed by atoms with van der Waals surface area (Å²) in [4.78, 5) is 29.8. The predicted octanol–water partition coefficient (Wildman–Crippen LogP) is 1.74. The van der Waals surface area contributed by atoms with Crippen molar-refractivity contribution in [3.63, 3.8) is 0 Å². The minimum Gasteiger partial charge on any atom is -0.497 e. The Morgan fingerprint density at radius 3 is 2.59 bits per heavy atom. The summed E-state index contributed by atoms with van der Waals surface area (Å²) in [7, 11) is 3.01. The summed E-state index contributed by atoms with van der Waals surface area (Å²) in [6.07, 6.45) is 0. The second-order valence-corrected chi connectivity index (χ2v) is 4.38. The fourth-order valence-corrected chi connectivity index (χ4v) is 1.81. The van der Waals surface area contributed by atoms with Crippen molar-refractivity contribution in [2.75, 3.05) is 24.9 Å². The van der Waals surface area contributed by atoms with Gasteiger partial charge in [0, 0.05) is 17.8 Å². The van der Waals surface area contributed by atoms with Gasteiger partial charge in [-0.15, -0.1) is 0 Å². The Morgan fingerprint density at radius 2 is 1.95 bits per heavy atom. The van der Waals surface area contributed by atoms with Gasteiger partial charge in [-0.2, -0.15) is 0 Å². The van der Waals surface area contributed by atoms with Crippen LogP contribution in [0.15, 0.2) is 29.1 Å². The van der Waals surface area contributed by atoms with Crippen LogP contribution in [0.2, 0.25) is 0 Å². The molecule has 3 N–H and O–H groups in total. The van der Waals surface area contributed by atoms with Crippen LogP contribution in [0.3, 0.4) is 0 Å². The van der Waals surface area contributed by atoms with Gasteiger partial charge in [0.1, 0.15) is 11.5 Å². The molecule has 0 aliphatic heterocycles. The van der Waals surface area contributed by atoms with Crippen LogP contribution < -0.4 is 25.7 Å². The molecule has 2 rings (SSSR count). The number of nitrogens with zero attached hydrogens (tertiary/aromatic N) is 1. The molecular formula is C14H16N4O4. The minimum atomic E-state index is -0.569. The third-order valence-electron chi connectivity index (χ3n) is 2.76. The normalized spacial score (nSPS) is 9.95. The van der Waals surface area contributed by atoms with Gasteiger partial charge in [0.2, 0.25) is 5.95 Å². The molecule has 0 aliphatic rings. The average molecular weight is 304 g/mol. The first-order valence-corrected chi connectivity index (χ1v) is 6.40. The van der Waals surface area contributed by atoms with Crippen LogP contribution in [0.1, 0.15) is 5.69 Å². The number of ether oxygens (including phenoxy) is 2. The molecule has 0 radical (unpaired) electrons. The van der Waals surface area contributed by atoms with Crippen molar-refractivity contribution < 1.29 is 14.3 Å². The molecule has 0 aliphatic carbocycles. The third-order valence-corrected chi connectivity index (χ3v) is 2.76. The number of aromatic nitrogens is 2. The number of carbonyl (C=O) groups is 1. The number of anilines is 2. The lowest BCUT2D eigenvalue weighted by molar-refractivity contribution is 0.262. The van der Waals surface area contributed by atoms with E-state index >= 15 is 0 Å². The average Bonchev–Trinajstić information content (AvgIpc) is 2.45. The van der Waals surface area contributed by atoms with Gasteiger partial charge in [-0.3, -0.25) is 15.1 Å². The van der Waals surface area contributed by atoms with E-state index in [4.69, 9.17) is 9.47 Å². The Kier molecular flexibility index (Phi) is 4.62. The van der Waals surface area contributed by atoms with E-state index in [1.165, 1.54) is 20.3 Å². The standard InChI is InChI=1S/C14H16N4O4/c1-8-6-12(19)17-13(15-8)18-14(20)16-10-7-9(21-2)4-5-11(10)22-3/h4-7H,1-3H3,(H3,15,16,17,18,19,20). The van der Waals surface area contributed by atoms with E-state index in [2.05, 4.69) is 20.6 Å². The van der Waals surface area contributed by atoms with Gasteiger partial charge in [-0.05, 0) is 19.1 Å². The molecule has 0 fully saturated rings. The van der Waals surface area contributed by atoms with Crippen LogP contribution in [0.25, 0.3) is 0 Å². The summed E-state index contributed by atoms with van der Waals surface area (Å²) in [5.41, 5.74) is 0.578. The predicted molar refractivity (Wildman–Crippen MR) is 81.8 cm³/mol. The Hall–Kier alpha value is -3.03. The monoisotopic (exact) mass is 304 g/mol. The van der Waals surface area contributed by atoms with Crippen molar-refractivity contribution in [1.29, 1.82) is 0 Å². The van der Waals surface area contributed by atoms with Gasteiger partial charge in [0.15, 0.2) is 0 Å². The molecule has 8 nitrogen and oxygen atoms in total. The zero-order chi connectivity index (χ0) is 16.1. The van der Waals surface area contributed by atoms with Crippen molar-refractivity contribution in [3.8, 4) is 11.5 Å². The van der Waals surface area contributed by atoms with E-state index in [0.29, 0.717) is 22.9 Å². The summed E-state index contributed by atoms with van der Waals surface area (Å²) < 4.78 is 10.3. The highest BCUT2D eigenvalue weighted by molar-refractivity contribution is 5.99. The van der Waals surface area contributed by atoms with Crippen molar-refractivity contribution >= 4 is 17.7 Å². The molecule has 1 aromatic carbocycles. The lowest BCUT2D eigenvalue weighted by Crippen LogP contribution is -2.23. The second kappa shape index (κ2) is 6.61. The number of methoxy groups -OCH3 is 2. The van der Waals surface area contributed by atoms with Crippen LogP contribution in [0.5, 0.6) is 11.5 Å². The number of nitrogens with one attached hydrogen (secondary N) is 3. The van der Waals surface area contributed by atoms with Crippen molar-refractivity contribution in [1.82, 2.24) is 9.97 Å². The van der Waals surface area contributed by atoms with E-state index in [1.54, 1.807) is 25.1 Å². The third kappa shape index (κ3) is 3.75. The van der Waals surface area contributed by atoms with Crippen LogP contribution >= 0.6 is 0 Å². The zero-order valence-corrected chi connectivity index (χ0v) is 12.4. The Balaban J connectivity index is 2.16. The molecule has 8 heteroatoms. The molecule has 2 aromatic rings. The molecule has 0 bridgehead atoms. The summed E-state index contributed by atoms with van der Waals surface area (Å²) in [6.45, 7) is 1.66. The second-order valence-electron chi connectivity index (χ2n) is 4.38. The Bertz CT molecular complexity index is 742. The number of hydrogen-bond donors (Lipinski definition) is 3. The maximum Gasteiger partial charge on any atom is 0.326 e. The molecule has 0 saturated carbocycles. The maximum absolute atomic E-state index is 12.0. The molecule has 1 heterocycles. The summed E-state index contributed by atoms with van der Waals surface area (Å²) >= 11 is 0. The van der Waals surface area contributed by atoms with E-state index < -0.39 is 6.03 Å². The fourth-order valence-electron chi connectivity index (χ4n) is 1.81. The topological polar surface area (TPSA) is 105 Å². The molecule has 2 amide bonds. The number of hydrogen-bond acceptors (Lipinski definition) is 5. The summed E-state index contributed by atoms with van der Waals surface area (Å²) in [6, 6.07) is 5.75. The quantitative estimate of drug-likeness (QED) is 0.798. The Labute approximate surface area is 126 Å².